The van der Waals surface area contributed by atoms with Gasteiger partial charge in [-0.25, -0.2) is 4.79 Å². The van der Waals surface area contributed by atoms with Crippen LogP contribution in [-0.4, -0.2) is 22.9 Å². The minimum atomic E-state index is -1.09. The molecule has 5 nitrogen and oxygen atoms in total. The zero-order valence-corrected chi connectivity index (χ0v) is 12.3. The Morgan fingerprint density at radius 2 is 2.00 bits per heavy atom. The molecule has 0 aromatic heterocycles. The number of carboxylic acid groups (broad SMARTS) is 1. The first-order valence-electron chi connectivity index (χ1n) is 6.19. The Hall–Kier alpha value is -1.07. The van der Waals surface area contributed by atoms with Gasteiger partial charge < -0.3 is 16.6 Å². The molecule has 0 aromatic rings. The zero-order valence-electron chi connectivity index (χ0n) is 11.5. The third-order valence-corrected chi connectivity index (χ3v) is 3.52. The number of aliphatic carboxylic acids is 1. The van der Waals surface area contributed by atoms with E-state index in [4.69, 9.17) is 16.7 Å². The monoisotopic (exact) mass is 290 g/mol. The standard InChI is InChI=1S/C13H20ClNO3.H3N/c1-13(2)8-9(13)11(16)15-10(12(17)18)6-4-3-5-7-14;/h6,9H,3-5,7-8H2,1-2H3,(H,15,16)(H,17,18);1H3/t9-;/m1./s1. The molecule has 0 radical (unpaired) electrons. The Kier molecular flexibility index (Phi) is 7.08. The number of carboxylic acids is 1. The average molecular weight is 291 g/mol. The third-order valence-electron chi connectivity index (χ3n) is 3.25. The number of carbonyl (C=O) groups excluding carboxylic acids is 1. The molecule has 0 aliphatic heterocycles. The van der Waals surface area contributed by atoms with E-state index in [1.54, 1.807) is 6.08 Å². The number of alkyl halides is 1. The van der Waals surface area contributed by atoms with Crippen molar-refractivity contribution < 1.29 is 14.7 Å². The van der Waals surface area contributed by atoms with Gasteiger partial charge in [0.15, 0.2) is 0 Å². The molecule has 19 heavy (non-hydrogen) atoms. The van der Waals surface area contributed by atoms with E-state index in [0.29, 0.717) is 12.3 Å². The van der Waals surface area contributed by atoms with Crippen LogP contribution < -0.4 is 11.5 Å². The lowest BCUT2D eigenvalue weighted by atomic mass is 10.1. The van der Waals surface area contributed by atoms with Gasteiger partial charge in [0.05, 0.1) is 0 Å². The van der Waals surface area contributed by atoms with Crippen LogP contribution in [0.4, 0.5) is 0 Å². The summed E-state index contributed by atoms with van der Waals surface area (Å²) >= 11 is 5.54. The molecule has 1 aliphatic carbocycles. The van der Waals surface area contributed by atoms with E-state index < -0.39 is 5.97 Å². The van der Waals surface area contributed by atoms with E-state index in [1.807, 2.05) is 13.8 Å². The van der Waals surface area contributed by atoms with Gasteiger partial charge in [0, 0.05) is 11.8 Å². The summed E-state index contributed by atoms with van der Waals surface area (Å²) in [7, 11) is 0. The average Bonchev–Trinajstić information content (AvgIpc) is 2.92. The molecule has 0 bridgehead atoms. The van der Waals surface area contributed by atoms with Gasteiger partial charge in [-0.1, -0.05) is 19.9 Å². The maximum absolute atomic E-state index is 11.8. The molecule has 0 unspecified atom stereocenters. The molecule has 1 fully saturated rings. The van der Waals surface area contributed by atoms with Crippen molar-refractivity contribution in [1.29, 1.82) is 0 Å². The first-order chi connectivity index (χ1) is 8.38. The minimum absolute atomic E-state index is 0. The van der Waals surface area contributed by atoms with Crippen molar-refractivity contribution in [1.82, 2.24) is 11.5 Å². The van der Waals surface area contributed by atoms with Crippen LogP contribution in [0.5, 0.6) is 0 Å². The number of allylic oxidation sites excluding steroid dienone is 1. The van der Waals surface area contributed by atoms with Crippen LogP contribution in [-0.2, 0) is 9.59 Å². The van der Waals surface area contributed by atoms with E-state index >= 15 is 0 Å². The van der Waals surface area contributed by atoms with Crippen molar-refractivity contribution in [3.05, 3.63) is 11.8 Å². The molecular formula is C13H23ClN2O3. The molecule has 1 rings (SSSR count). The second-order valence-corrected chi connectivity index (χ2v) is 5.72. The predicted molar refractivity (Wildman–Crippen MR) is 75.3 cm³/mol. The molecule has 0 spiro atoms. The first-order valence-corrected chi connectivity index (χ1v) is 6.72. The normalized spacial score (nSPS) is 20.4. The zero-order chi connectivity index (χ0) is 13.8. The minimum Gasteiger partial charge on any atom is -0.477 e. The number of amides is 1. The predicted octanol–water partition coefficient (Wildman–Crippen LogP) is 2.69. The van der Waals surface area contributed by atoms with Crippen LogP contribution in [0.25, 0.3) is 0 Å². The summed E-state index contributed by atoms with van der Waals surface area (Å²) < 4.78 is 0. The fourth-order valence-corrected chi connectivity index (χ4v) is 2.00. The highest BCUT2D eigenvalue weighted by molar-refractivity contribution is 6.17. The number of hydrogen-bond acceptors (Lipinski definition) is 3. The molecular weight excluding hydrogens is 268 g/mol. The van der Waals surface area contributed by atoms with Crippen molar-refractivity contribution in [2.75, 3.05) is 5.88 Å². The summed E-state index contributed by atoms with van der Waals surface area (Å²) in [5.41, 5.74) is -0.0101. The number of halogens is 1. The second-order valence-electron chi connectivity index (χ2n) is 5.34. The van der Waals surface area contributed by atoms with E-state index in [1.165, 1.54) is 0 Å². The highest BCUT2D eigenvalue weighted by atomic mass is 35.5. The summed E-state index contributed by atoms with van der Waals surface area (Å²) in [6, 6.07) is 0. The molecule has 0 aromatic carbocycles. The number of hydrogen-bond donors (Lipinski definition) is 3. The number of nitrogens with one attached hydrogen (secondary N) is 1. The number of unbranched alkanes of at least 4 members (excludes halogenated alkanes) is 2. The summed E-state index contributed by atoms with van der Waals surface area (Å²) in [6.07, 6.45) is 4.66. The van der Waals surface area contributed by atoms with Crippen molar-refractivity contribution in [3.8, 4) is 0 Å². The van der Waals surface area contributed by atoms with Crippen molar-refractivity contribution in [2.24, 2.45) is 11.3 Å². The van der Waals surface area contributed by atoms with Crippen molar-refractivity contribution >= 4 is 23.5 Å². The Morgan fingerprint density at radius 3 is 2.42 bits per heavy atom. The number of rotatable bonds is 7. The van der Waals surface area contributed by atoms with E-state index in [0.717, 1.165) is 19.3 Å². The van der Waals surface area contributed by atoms with E-state index in [9.17, 15) is 9.59 Å². The fraction of sp³-hybridized carbons (Fsp3) is 0.692. The van der Waals surface area contributed by atoms with Crippen molar-refractivity contribution in [3.63, 3.8) is 0 Å². The summed E-state index contributed by atoms with van der Waals surface area (Å²) in [5.74, 6) is -0.777. The molecule has 0 saturated heterocycles. The number of carbonyl (C=O) groups is 2. The van der Waals surface area contributed by atoms with Crippen LogP contribution in [0.1, 0.15) is 39.5 Å². The second kappa shape index (κ2) is 7.50. The summed E-state index contributed by atoms with van der Waals surface area (Å²) in [4.78, 5) is 22.8. The van der Waals surface area contributed by atoms with Crippen molar-refractivity contribution in [2.45, 2.75) is 39.5 Å². The molecule has 110 valence electrons. The van der Waals surface area contributed by atoms with Crippen LogP contribution >= 0.6 is 11.6 Å². The molecule has 0 heterocycles. The fourth-order valence-electron chi connectivity index (χ4n) is 1.81. The van der Waals surface area contributed by atoms with Crippen LogP contribution in [0.2, 0.25) is 0 Å². The topological polar surface area (TPSA) is 101 Å². The van der Waals surface area contributed by atoms with Gasteiger partial charge in [0.25, 0.3) is 0 Å². The Labute approximate surface area is 119 Å². The lowest BCUT2D eigenvalue weighted by molar-refractivity contribution is -0.135. The highest BCUT2D eigenvalue weighted by Crippen LogP contribution is 2.51. The Balaban J connectivity index is 0.00000324. The third kappa shape index (κ3) is 5.61. The van der Waals surface area contributed by atoms with E-state index in [2.05, 4.69) is 5.32 Å². The van der Waals surface area contributed by atoms with Gasteiger partial charge in [-0.15, -0.1) is 11.6 Å². The largest absolute Gasteiger partial charge is 0.477 e. The SMILES string of the molecule is CC1(C)C[C@@H]1C(=O)NC(=CCCCCCl)C(=O)O.N. The van der Waals surface area contributed by atoms with E-state index in [-0.39, 0.29) is 29.1 Å². The summed E-state index contributed by atoms with van der Waals surface area (Å²) in [6.45, 7) is 4.00. The van der Waals surface area contributed by atoms with Gasteiger partial charge in [-0.05, 0) is 31.1 Å². The Morgan fingerprint density at radius 1 is 1.42 bits per heavy atom. The smallest absolute Gasteiger partial charge is 0.352 e. The summed E-state index contributed by atoms with van der Waals surface area (Å²) in [5, 5.41) is 11.5. The molecule has 6 heteroatoms. The molecule has 5 N–H and O–H groups in total. The molecule has 1 amide bonds. The lowest BCUT2D eigenvalue weighted by Gasteiger charge is -2.07. The maximum atomic E-state index is 11.8. The molecule has 1 atom stereocenters. The molecule has 1 saturated carbocycles. The highest BCUT2D eigenvalue weighted by Gasteiger charge is 2.50. The molecule has 1 aliphatic rings. The first kappa shape index (κ1) is 17.9. The Bertz CT molecular complexity index is 367. The van der Waals surface area contributed by atoms with Gasteiger partial charge >= 0.3 is 5.97 Å². The van der Waals surface area contributed by atoms with Crippen LogP contribution in [0.3, 0.4) is 0 Å². The van der Waals surface area contributed by atoms with Gasteiger partial charge in [0.2, 0.25) is 5.91 Å². The van der Waals surface area contributed by atoms with Crippen LogP contribution in [0.15, 0.2) is 11.8 Å². The van der Waals surface area contributed by atoms with Gasteiger partial charge in [0.1, 0.15) is 5.70 Å². The lowest BCUT2D eigenvalue weighted by Crippen LogP contribution is -2.29. The maximum Gasteiger partial charge on any atom is 0.352 e. The van der Waals surface area contributed by atoms with Crippen LogP contribution in [0, 0.1) is 11.3 Å². The van der Waals surface area contributed by atoms with Gasteiger partial charge in [-0.2, -0.15) is 0 Å². The van der Waals surface area contributed by atoms with Gasteiger partial charge in [-0.3, -0.25) is 4.79 Å². The quantitative estimate of drug-likeness (QED) is 0.381.